The Kier molecular flexibility index (Phi) is 8.38. The Hall–Kier alpha value is -2.97. The third-order valence-corrected chi connectivity index (χ3v) is 4.25. The van der Waals surface area contributed by atoms with Gasteiger partial charge in [0.2, 0.25) is 5.91 Å². The van der Waals surface area contributed by atoms with Gasteiger partial charge in [0.05, 0.1) is 20.3 Å². The summed E-state index contributed by atoms with van der Waals surface area (Å²) in [6.07, 6.45) is 1.79. The summed E-state index contributed by atoms with van der Waals surface area (Å²) in [5.41, 5.74) is 1.17. The molecule has 3 amide bonds. The number of carbonyl (C=O) groups excluding carboxylic acids is 2. The molecule has 28 heavy (non-hydrogen) atoms. The molecule has 154 valence electrons. The highest BCUT2D eigenvalue weighted by Crippen LogP contribution is 2.28. The quantitative estimate of drug-likeness (QED) is 0.235. The van der Waals surface area contributed by atoms with E-state index in [1.54, 1.807) is 14.2 Å². The summed E-state index contributed by atoms with van der Waals surface area (Å²) < 4.78 is 10.9. The number of imide groups is 1. The van der Waals surface area contributed by atoms with Crippen LogP contribution in [0.3, 0.4) is 0 Å². The molecule has 1 heterocycles. The first-order valence-electron chi connectivity index (χ1n) is 9.41. The molecule has 3 N–H and O–H groups in total. The number of urea groups is 1. The second kappa shape index (κ2) is 11.0. The van der Waals surface area contributed by atoms with Crippen molar-refractivity contribution >= 4 is 17.9 Å². The van der Waals surface area contributed by atoms with E-state index in [1.807, 2.05) is 25.1 Å². The minimum absolute atomic E-state index is 0.0716. The summed E-state index contributed by atoms with van der Waals surface area (Å²) in [5.74, 6) is 1.92. The van der Waals surface area contributed by atoms with Gasteiger partial charge in [-0.1, -0.05) is 6.07 Å². The number of ether oxygens (including phenoxy) is 2. The number of hydrogen-bond acceptors (Lipinski definition) is 5. The molecule has 0 aliphatic carbocycles. The van der Waals surface area contributed by atoms with Gasteiger partial charge in [0, 0.05) is 26.7 Å². The van der Waals surface area contributed by atoms with Crippen LogP contribution >= 0.6 is 0 Å². The topological polar surface area (TPSA) is 104 Å². The molecule has 1 saturated heterocycles. The molecule has 9 nitrogen and oxygen atoms in total. The van der Waals surface area contributed by atoms with Crippen LogP contribution in [0.2, 0.25) is 0 Å². The van der Waals surface area contributed by atoms with E-state index in [-0.39, 0.29) is 18.5 Å². The number of rotatable bonds is 10. The van der Waals surface area contributed by atoms with Crippen molar-refractivity contribution in [3.63, 3.8) is 0 Å². The predicted molar refractivity (Wildman–Crippen MR) is 107 cm³/mol. The Morgan fingerprint density at radius 2 is 2.04 bits per heavy atom. The number of guanidine groups is 1. The third kappa shape index (κ3) is 6.04. The zero-order valence-corrected chi connectivity index (χ0v) is 16.7. The Morgan fingerprint density at radius 3 is 2.68 bits per heavy atom. The van der Waals surface area contributed by atoms with Gasteiger partial charge in [-0.25, -0.2) is 4.79 Å². The van der Waals surface area contributed by atoms with Crippen molar-refractivity contribution in [2.45, 2.75) is 19.8 Å². The van der Waals surface area contributed by atoms with Crippen molar-refractivity contribution in [1.82, 2.24) is 20.9 Å². The van der Waals surface area contributed by atoms with Gasteiger partial charge in [-0.15, -0.1) is 0 Å². The van der Waals surface area contributed by atoms with Crippen LogP contribution in [0.25, 0.3) is 0 Å². The summed E-state index contributed by atoms with van der Waals surface area (Å²) >= 11 is 0. The third-order valence-electron chi connectivity index (χ3n) is 4.25. The highest BCUT2D eigenvalue weighted by atomic mass is 16.5. The minimum atomic E-state index is -0.347. The van der Waals surface area contributed by atoms with E-state index >= 15 is 0 Å². The van der Waals surface area contributed by atoms with Crippen molar-refractivity contribution < 1.29 is 19.1 Å². The zero-order chi connectivity index (χ0) is 20.4. The molecule has 2 rings (SSSR count). The number of nitrogens with one attached hydrogen (secondary N) is 3. The normalized spacial score (nSPS) is 14.1. The molecule has 0 bridgehead atoms. The summed E-state index contributed by atoms with van der Waals surface area (Å²) in [5, 5.41) is 8.83. The largest absolute Gasteiger partial charge is 0.493 e. The molecular weight excluding hydrogens is 362 g/mol. The number of aliphatic imine (C=N–C) groups is 1. The molecule has 1 aliphatic rings. The molecule has 0 unspecified atom stereocenters. The number of aryl methyl sites for hydroxylation is 1. The molecule has 1 fully saturated rings. The molecular formula is C19H29N5O4. The SMILES string of the molecule is CCOc1cc(CCCNC(=NC)NCCN2C(=O)CNC2=O)ccc1OC. The molecule has 9 heteroatoms. The van der Waals surface area contributed by atoms with Crippen molar-refractivity contribution in [2.24, 2.45) is 4.99 Å². The number of carbonyl (C=O) groups is 2. The van der Waals surface area contributed by atoms with E-state index in [2.05, 4.69) is 20.9 Å². The molecule has 1 aromatic carbocycles. The fourth-order valence-electron chi connectivity index (χ4n) is 2.83. The number of amides is 3. The predicted octanol–water partition coefficient (Wildman–Crippen LogP) is 0.743. The maximum absolute atomic E-state index is 11.5. The molecule has 0 spiro atoms. The highest BCUT2D eigenvalue weighted by Gasteiger charge is 2.27. The second-order valence-corrected chi connectivity index (χ2v) is 6.15. The Labute approximate surface area is 165 Å². The number of benzene rings is 1. The average Bonchev–Trinajstić information content (AvgIpc) is 3.02. The molecule has 1 aromatic rings. The Bertz CT molecular complexity index is 692. The van der Waals surface area contributed by atoms with E-state index in [1.165, 1.54) is 10.5 Å². The van der Waals surface area contributed by atoms with Crippen LogP contribution < -0.4 is 25.4 Å². The minimum Gasteiger partial charge on any atom is -0.493 e. The molecule has 0 aromatic heterocycles. The molecule has 0 saturated carbocycles. The van der Waals surface area contributed by atoms with Gasteiger partial charge < -0.3 is 25.4 Å². The monoisotopic (exact) mass is 391 g/mol. The van der Waals surface area contributed by atoms with Crippen LogP contribution in [0.1, 0.15) is 18.9 Å². The maximum Gasteiger partial charge on any atom is 0.324 e. The van der Waals surface area contributed by atoms with E-state index in [4.69, 9.17) is 9.47 Å². The summed E-state index contributed by atoms with van der Waals surface area (Å²) in [4.78, 5) is 28.4. The summed E-state index contributed by atoms with van der Waals surface area (Å²) in [6, 6.07) is 5.62. The van der Waals surface area contributed by atoms with Crippen LogP contribution in [0.15, 0.2) is 23.2 Å². The van der Waals surface area contributed by atoms with Gasteiger partial charge in [-0.05, 0) is 37.5 Å². The average molecular weight is 391 g/mol. The van der Waals surface area contributed by atoms with E-state index in [9.17, 15) is 9.59 Å². The lowest BCUT2D eigenvalue weighted by atomic mass is 10.1. The lowest BCUT2D eigenvalue weighted by molar-refractivity contribution is -0.124. The highest BCUT2D eigenvalue weighted by molar-refractivity contribution is 6.01. The van der Waals surface area contributed by atoms with Gasteiger partial charge in [-0.2, -0.15) is 0 Å². The summed E-state index contributed by atoms with van der Waals surface area (Å²) in [7, 11) is 3.31. The summed E-state index contributed by atoms with van der Waals surface area (Å²) in [6.45, 7) is 4.09. The zero-order valence-electron chi connectivity index (χ0n) is 16.7. The molecule has 0 radical (unpaired) electrons. The smallest absolute Gasteiger partial charge is 0.324 e. The first kappa shape index (κ1) is 21.3. The van der Waals surface area contributed by atoms with Gasteiger partial charge in [-0.3, -0.25) is 14.7 Å². The van der Waals surface area contributed by atoms with Gasteiger partial charge in [0.15, 0.2) is 17.5 Å². The number of hydrogen-bond donors (Lipinski definition) is 3. The van der Waals surface area contributed by atoms with Gasteiger partial charge in [0.1, 0.15) is 0 Å². The van der Waals surface area contributed by atoms with Gasteiger partial charge >= 0.3 is 6.03 Å². The fourth-order valence-corrected chi connectivity index (χ4v) is 2.83. The van der Waals surface area contributed by atoms with Crippen molar-refractivity contribution in [1.29, 1.82) is 0 Å². The molecule has 0 atom stereocenters. The molecule has 1 aliphatic heterocycles. The fraction of sp³-hybridized carbons (Fsp3) is 0.526. The van der Waals surface area contributed by atoms with Crippen molar-refractivity contribution in [3.8, 4) is 11.5 Å². The lowest BCUT2D eigenvalue weighted by Crippen LogP contribution is -2.43. The lowest BCUT2D eigenvalue weighted by Gasteiger charge is -2.15. The Morgan fingerprint density at radius 1 is 1.25 bits per heavy atom. The van der Waals surface area contributed by atoms with Crippen molar-refractivity contribution in [2.75, 3.05) is 46.9 Å². The van der Waals surface area contributed by atoms with Crippen LogP contribution in [-0.2, 0) is 11.2 Å². The Balaban J connectivity index is 1.70. The number of methoxy groups -OCH3 is 1. The number of nitrogens with zero attached hydrogens (tertiary/aromatic N) is 2. The van der Waals surface area contributed by atoms with E-state index in [0.29, 0.717) is 25.7 Å². The standard InChI is InChI=1S/C19H29N5O4/c1-4-28-16-12-14(7-8-15(16)27-3)6-5-9-21-18(20-2)22-10-11-24-17(25)13-23-19(24)26/h7-8,12H,4-6,9-11,13H2,1-3H3,(H,23,26)(H2,20,21,22). The second-order valence-electron chi connectivity index (χ2n) is 6.15. The first-order valence-corrected chi connectivity index (χ1v) is 9.41. The van der Waals surface area contributed by atoms with E-state index in [0.717, 1.165) is 30.9 Å². The van der Waals surface area contributed by atoms with Crippen LogP contribution in [0.4, 0.5) is 4.79 Å². The van der Waals surface area contributed by atoms with Gasteiger partial charge in [0.25, 0.3) is 0 Å². The van der Waals surface area contributed by atoms with Crippen LogP contribution in [-0.4, -0.2) is 69.7 Å². The maximum atomic E-state index is 11.5. The van der Waals surface area contributed by atoms with E-state index < -0.39 is 0 Å². The van der Waals surface area contributed by atoms with Crippen LogP contribution in [0, 0.1) is 0 Å². The van der Waals surface area contributed by atoms with Crippen LogP contribution in [0.5, 0.6) is 11.5 Å². The van der Waals surface area contributed by atoms with Crippen molar-refractivity contribution in [3.05, 3.63) is 23.8 Å². The first-order chi connectivity index (χ1) is 13.6.